The van der Waals surface area contributed by atoms with Gasteiger partial charge in [-0.3, -0.25) is 4.90 Å². The van der Waals surface area contributed by atoms with Gasteiger partial charge in [-0.1, -0.05) is 12.1 Å². The second kappa shape index (κ2) is 4.37. The topological polar surface area (TPSA) is 58.4 Å². The van der Waals surface area contributed by atoms with Crippen LogP contribution in [0.5, 0.6) is 0 Å². The number of amides is 2. The van der Waals surface area contributed by atoms with Crippen LogP contribution in [0.2, 0.25) is 0 Å². The van der Waals surface area contributed by atoms with E-state index < -0.39 is 6.03 Å². The van der Waals surface area contributed by atoms with Gasteiger partial charge in [-0.15, -0.1) is 0 Å². The minimum absolute atomic E-state index is 0.0223. The number of hydrogen-bond acceptors (Lipinski definition) is 2. The molecule has 1 unspecified atom stereocenters. The Balaban J connectivity index is 2.31. The lowest BCUT2D eigenvalue weighted by Crippen LogP contribution is -2.34. The van der Waals surface area contributed by atoms with E-state index in [1.54, 1.807) is 7.05 Å². The molecule has 1 aliphatic heterocycles. The first-order chi connectivity index (χ1) is 8.03. The fourth-order valence-electron chi connectivity index (χ4n) is 2.33. The minimum atomic E-state index is -0.438. The molecular weight excluding hydrogens is 214 g/mol. The Bertz CT molecular complexity index is 424. The summed E-state index contributed by atoms with van der Waals surface area (Å²) in [6.45, 7) is 3.25. The van der Waals surface area contributed by atoms with Gasteiger partial charge >= 0.3 is 6.03 Å². The Labute approximate surface area is 102 Å². The van der Waals surface area contributed by atoms with E-state index in [0.717, 1.165) is 18.7 Å². The lowest BCUT2D eigenvalue weighted by molar-refractivity contribution is 0.255. The van der Waals surface area contributed by atoms with Crippen LogP contribution in [0.1, 0.15) is 25.3 Å². The number of nitrogens with one attached hydrogen (secondary N) is 1. The van der Waals surface area contributed by atoms with Crippen LogP contribution in [-0.4, -0.2) is 19.6 Å². The van der Waals surface area contributed by atoms with Crippen molar-refractivity contribution in [3.8, 4) is 0 Å². The number of carbonyl (C=O) groups excluding carboxylic acids is 1. The first kappa shape index (κ1) is 11.9. The zero-order valence-electron chi connectivity index (χ0n) is 10.4. The normalized spacial score (nSPS) is 23.6. The predicted octanol–water partition coefficient (Wildman–Crippen LogP) is 1.80. The number of rotatable bonds is 2. The average Bonchev–Trinajstić information content (AvgIpc) is 2.76. The number of anilines is 1. The Morgan fingerprint density at radius 2 is 2.29 bits per heavy atom. The van der Waals surface area contributed by atoms with Crippen molar-refractivity contribution in [1.82, 2.24) is 5.32 Å². The standard InChI is InChI=1S/C13H19N3O/c1-13(7-4-8-15-13)10-5-3-6-11(9-10)16(2)12(14)17/h3,5-6,9,15H,4,7-8H2,1-2H3,(H2,14,17). The van der Waals surface area contributed by atoms with Crippen molar-refractivity contribution in [2.24, 2.45) is 5.73 Å². The Hall–Kier alpha value is -1.55. The van der Waals surface area contributed by atoms with Crippen LogP contribution in [0.15, 0.2) is 24.3 Å². The van der Waals surface area contributed by atoms with Gasteiger partial charge in [-0.05, 0) is 44.0 Å². The van der Waals surface area contributed by atoms with Crippen LogP contribution in [0.25, 0.3) is 0 Å². The Morgan fingerprint density at radius 3 is 2.88 bits per heavy atom. The van der Waals surface area contributed by atoms with Crippen LogP contribution >= 0.6 is 0 Å². The van der Waals surface area contributed by atoms with E-state index in [0.29, 0.717) is 0 Å². The van der Waals surface area contributed by atoms with Crippen LogP contribution in [-0.2, 0) is 5.54 Å². The fraction of sp³-hybridized carbons (Fsp3) is 0.462. The van der Waals surface area contributed by atoms with Crippen LogP contribution in [0, 0.1) is 0 Å². The van der Waals surface area contributed by atoms with Crippen molar-refractivity contribution < 1.29 is 4.79 Å². The zero-order chi connectivity index (χ0) is 12.5. The van der Waals surface area contributed by atoms with E-state index in [1.807, 2.05) is 18.2 Å². The third-order valence-electron chi connectivity index (χ3n) is 3.57. The maximum Gasteiger partial charge on any atom is 0.318 e. The van der Waals surface area contributed by atoms with Gasteiger partial charge in [0.25, 0.3) is 0 Å². The summed E-state index contributed by atoms with van der Waals surface area (Å²) in [7, 11) is 1.69. The van der Waals surface area contributed by atoms with Crippen molar-refractivity contribution in [3.05, 3.63) is 29.8 Å². The molecule has 0 saturated carbocycles. The molecule has 92 valence electrons. The monoisotopic (exact) mass is 233 g/mol. The smallest absolute Gasteiger partial charge is 0.318 e. The summed E-state index contributed by atoms with van der Waals surface area (Å²) in [5.74, 6) is 0. The van der Waals surface area contributed by atoms with Gasteiger partial charge < -0.3 is 11.1 Å². The molecule has 4 nitrogen and oxygen atoms in total. The second-order valence-corrected chi connectivity index (χ2v) is 4.81. The molecule has 0 radical (unpaired) electrons. The summed E-state index contributed by atoms with van der Waals surface area (Å²) in [6.07, 6.45) is 2.31. The molecule has 1 aromatic rings. The first-order valence-corrected chi connectivity index (χ1v) is 5.92. The molecule has 0 spiro atoms. The van der Waals surface area contributed by atoms with Gasteiger partial charge in [0.05, 0.1) is 0 Å². The summed E-state index contributed by atoms with van der Waals surface area (Å²) in [4.78, 5) is 12.6. The molecule has 4 heteroatoms. The lowest BCUT2D eigenvalue weighted by Gasteiger charge is -2.26. The highest BCUT2D eigenvalue weighted by atomic mass is 16.2. The summed E-state index contributed by atoms with van der Waals surface area (Å²) >= 11 is 0. The van der Waals surface area contributed by atoms with E-state index in [2.05, 4.69) is 18.3 Å². The minimum Gasteiger partial charge on any atom is -0.351 e. The van der Waals surface area contributed by atoms with Crippen molar-refractivity contribution in [1.29, 1.82) is 0 Å². The SMILES string of the molecule is CN(C(N)=O)c1cccc(C2(C)CCCN2)c1. The average molecular weight is 233 g/mol. The maximum absolute atomic E-state index is 11.1. The van der Waals surface area contributed by atoms with Crippen LogP contribution < -0.4 is 16.0 Å². The van der Waals surface area contributed by atoms with Crippen molar-refractivity contribution in [3.63, 3.8) is 0 Å². The number of urea groups is 1. The molecule has 1 aliphatic rings. The molecule has 2 rings (SSSR count). The quantitative estimate of drug-likeness (QED) is 0.818. The summed E-state index contributed by atoms with van der Waals surface area (Å²) in [6, 6.07) is 7.55. The molecule has 17 heavy (non-hydrogen) atoms. The molecule has 0 bridgehead atoms. The third-order valence-corrected chi connectivity index (χ3v) is 3.57. The molecule has 2 amide bonds. The lowest BCUT2D eigenvalue weighted by atomic mass is 9.90. The van der Waals surface area contributed by atoms with Crippen LogP contribution in [0.4, 0.5) is 10.5 Å². The highest BCUT2D eigenvalue weighted by Gasteiger charge is 2.30. The van der Waals surface area contributed by atoms with Gasteiger partial charge in [-0.25, -0.2) is 4.79 Å². The highest BCUT2D eigenvalue weighted by molar-refractivity contribution is 5.90. The van der Waals surface area contributed by atoms with Gasteiger partial charge in [0.15, 0.2) is 0 Å². The van der Waals surface area contributed by atoms with Gasteiger partial charge in [-0.2, -0.15) is 0 Å². The van der Waals surface area contributed by atoms with Crippen LogP contribution in [0.3, 0.4) is 0 Å². The molecule has 1 fully saturated rings. The summed E-state index contributed by atoms with van der Waals surface area (Å²) in [5, 5.41) is 3.51. The highest BCUT2D eigenvalue weighted by Crippen LogP contribution is 2.32. The molecule has 0 aromatic heterocycles. The number of carbonyl (C=O) groups is 1. The maximum atomic E-state index is 11.1. The van der Waals surface area contributed by atoms with E-state index in [-0.39, 0.29) is 5.54 Å². The molecule has 1 aromatic carbocycles. The first-order valence-electron chi connectivity index (χ1n) is 5.92. The zero-order valence-corrected chi connectivity index (χ0v) is 10.4. The Kier molecular flexibility index (Phi) is 3.07. The molecule has 1 atom stereocenters. The summed E-state index contributed by atoms with van der Waals surface area (Å²) < 4.78 is 0. The predicted molar refractivity (Wildman–Crippen MR) is 69.0 cm³/mol. The molecule has 3 N–H and O–H groups in total. The summed E-state index contributed by atoms with van der Waals surface area (Å²) in [5.41, 5.74) is 7.34. The van der Waals surface area contributed by atoms with E-state index in [1.165, 1.54) is 16.9 Å². The van der Waals surface area contributed by atoms with Gasteiger partial charge in [0.2, 0.25) is 0 Å². The molecule has 1 heterocycles. The van der Waals surface area contributed by atoms with Crippen molar-refractivity contribution in [2.75, 3.05) is 18.5 Å². The molecular formula is C13H19N3O. The molecule has 0 aliphatic carbocycles. The molecule has 1 saturated heterocycles. The van der Waals surface area contributed by atoms with E-state index in [4.69, 9.17) is 5.73 Å². The number of benzene rings is 1. The second-order valence-electron chi connectivity index (χ2n) is 4.81. The fourth-order valence-corrected chi connectivity index (χ4v) is 2.33. The Morgan fingerprint density at radius 1 is 1.53 bits per heavy atom. The third kappa shape index (κ3) is 2.26. The number of nitrogens with zero attached hydrogens (tertiary/aromatic N) is 1. The van der Waals surface area contributed by atoms with Gasteiger partial charge in [0, 0.05) is 18.3 Å². The number of nitrogens with two attached hydrogens (primary N) is 1. The van der Waals surface area contributed by atoms with E-state index >= 15 is 0 Å². The van der Waals surface area contributed by atoms with E-state index in [9.17, 15) is 4.79 Å². The largest absolute Gasteiger partial charge is 0.351 e. The van der Waals surface area contributed by atoms with Crippen molar-refractivity contribution in [2.45, 2.75) is 25.3 Å². The van der Waals surface area contributed by atoms with Gasteiger partial charge in [0.1, 0.15) is 0 Å². The van der Waals surface area contributed by atoms with Crippen molar-refractivity contribution >= 4 is 11.7 Å². The number of primary amides is 1. The number of hydrogen-bond donors (Lipinski definition) is 2.